The van der Waals surface area contributed by atoms with Gasteiger partial charge in [0.1, 0.15) is 0 Å². The Morgan fingerprint density at radius 3 is 2.84 bits per heavy atom. The maximum Gasteiger partial charge on any atom is 0.191 e. The van der Waals surface area contributed by atoms with E-state index in [1.807, 2.05) is 0 Å². The van der Waals surface area contributed by atoms with Crippen LogP contribution in [0, 0.1) is 5.41 Å². The summed E-state index contributed by atoms with van der Waals surface area (Å²) in [5.74, 6) is 0.675. The molecule has 1 unspecified atom stereocenters. The minimum Gasteiger partial charge on any atom is -0.385 e. The van der Waals surface area contributed by atoms with E-state index in [0.29, 0.717) is 11.4 Å². The summed E-state index contributed by atoms with van der Waals surface area (Å²) in [4.78, 5) is 6.70. The van der Waals surface area contributed by atoms with Crippen LogP contribution < -0.4 is 5.73 Å². The van der Waals surface area contributed by atoms with Gasteiger partial charge in [-0.1, -0.05) is 0 Å². The molecule has 0 aromatic carbocycles. The molecule has 1 saturated heterocycles. The fraction of sp³-hybridized carbons (Fsp3) is 0.923. The fourth-order valence-corrected chi connectivity index (χ4v) is 2.36. The van der Waals surface area contributed by atoms with Gasteiger partial charge in [0.05, 0.1) is 12.7 Å². The van der Waals surface area contributed by atoms with Crippen molar-refractivity contribution in [1.29, 1.82) is 0 Å². The molecule has 0 amide bonds. The first-order valence-corrected chi connectivity index (χ1v) is 6.81. The van der Waals surface area contributed by atoms with Crippen LogP contribution in [-0.4, -0.2) is 56.9 Å². The predicted molar refractivity (Wildman–Crippen MR) is 87.1 cm³/mol. The molecule has 1 aliphatic heterocycles. The molecule has 0 bridgehead atoms. The zero-order valence-corrected chi connectivity index (χ0v) is 14.3. The molecular weight excluding hydrogens is 357 g/mol. The number of morpholine rings is 1. The van der Waals surface area contributed by atoms with Crippen LogP contribution >= 0.6 is 24.0 Å². The van der Waals surface area contributed by atoms with E-state index in [-0.39, 0.29) is 30.1 Å². The van der Waals surface area contributed by atoms with Crippen LogP contribution in [0.1, 0.15) is 26.2 Å². The first kappa shape index (κ1) is 17.0. The van der Waals surface area contributed by atoms with Crippen LogP contribution in [0.3, 0.4) is 0 Å². The number of ether oxygens (including phenoxy) is 2. The number of aliphatic imine (C=N–C) groups is 1. The minimum atomic E-state index is 0. The Morgan fingerprint density at radius 1 is 1.53 bits per heavy atom. The molecule has 2 N–H and O–H groups in total. The summed E-state index contributed by atoms with van der Waals surface area (Å²) in [5.41, 5.74) is 6.44. The molecule has 1 aliphatic carbocycles. The molecule has 2 fully saturated rings. The first-order valence-electron chi connectivity index (χ1n) is 6.81. The molecule has 1 saturated carbocycles. The van der Waals surface area contributed by atoms with Crippen LogP contribution in [0.15, 0.2) is 4.99 Å². The van der Waals surface area contributed by atoms with Crippen molar-refractivity contribution < 1.29 is 9.47 Å². The molecule has 1 heterocycles. The summed E-state index contributed by atoms with van der Waals surface area (Å²) in [6, 6.07) is 0. The van der Waals surface area contributed by atoms with Gasteiger partial charge in [-0.05, 0) is 31.6 Å². The molecule has 0 aromatic rings. The van der Waals surface area contributed by atoms with Crippen LogP contribution in [0.4, 0.5) is 0 Å². The quantitative estimate of drug-likeness (QED) is 0.444. The van der Waals surface area contributed by atoms with Crippen molar-refractivity contribution >= 4 is 29.9 Å². The van der Waals surface area contributed by atoms with E-state index in [9.17, 15) is 0 Å². The van der Waals surface area contributed by atoms with Gasteiger partial charge in [-0.15, -0.1) is 24.0 Å². The molecule has 19 heavy (non-hydrogen) atoms. The monoisotopic (exact) mass is 383 g/mol. The lowest BCUT2D eigenvalue weighted by Gasteiger charge is -2.32. The number of nitrogens with two attached hydrogens (primary N) is 1. The first-order chi connectivity index (χ1) is 8.65. The molecule has 1 atom stereocenters. The van der Waals surface area contributed by atoms with Crippen molar-refractivity contribution in [3.05, 3.63) is 0 Å². The zero-order valence-electron chi connectivity index (χ0n) is 11.9. The van der Waals surface area contributed by atoms with Gasteiger partial charge in [-0.25, -0.2) is 0 Å². The maximum atomic E-state index is 6.06. The molecule has 2 rings (SSSR count). The van der Waals surface area contributed by atoms with Gasteiger partial charge in [0.15, 0.2) is 5.96 Å². The van der Waals surface area contributed by atoms with E-state index < -0.39 is 0 Å². The van der Waals surface area contributed by atoms with E-state index in [1.165, 1.54) is 12.8 Å². The second kappa shape index (κ2) is 7.64. The summed E-state index contributed by atoms with van der Waals surface area (Å²) < 4.78 is 10.6. The van der Waals surface area contributed by atoms with E-state index in [4.69, 9.17) is 15.2 Å². The average molecular weight is 383 g/mol. The van der Waals surface area contributed by atoms with Gasteiger partial charge in [0, 0.05) is 33.4 Å². The third-order valence-electron chi connectivity index (χ3n) is 3.94. The van der Waals surface area contributed by atoms with E-state index in [0.717, 1.165) is 39.3 Å². The molecule has 112 valence electrons. The average Bonchev–Trinajstić information content (AvgIpc) is 3.14. The molecule has 5 nitrogen and oxygen atoms in total. The zero-order chi connectivity index (χ0) is 13.0. The molecule has 6 heteroatoms. The summed E-state index contributed by atoms with van der Waals surface area (Å²) in [6.45, 7) is 6.18. The second-order valence-corrected chi connectivity index (χ2v) is 5.54. The highest BCUT2D eigenvalue weighted by molar-refractivity contribution is 14.0. The Kier molecular flexibility index (Phi) is 6.82. The van der Waals surface area contributed by atoms with E-state index in [2.05, 4.69) is 16.8 Å². The van der Waals surface area contributed by atoms with Crippen molar-refractivity contribution in [2.45, 2.75) is 32.3 Å². The van der Waals surface area contributed by atoms with Gasteiger partial charge < -0.3 is 20.1 Å². The topological polar surface area (TPSA) is 60.1 Å². The highest BCUT2D eigenvalue weighted by Gasteiger charge is 2.41. The highest BCUT2D eigenvalue weighted by Crippen LogP contribution is 2.48. The minimum absolute atomic E-state index is 0. The van der Waals surface area contributed by atoms with Gasteiger partial charge in [0.25, 0.3) is 0 Å². The second-order valence-electron chi connectivity index (χ2n) is 5.54. The summed E-state index contributed by atoms with van der Waals surface area (Å²) in [5, 5.41) is 0. The number of halogens is 1. The fourth-order valence-electron chi connectivity index (χ4n) is 2.36. The lowest BCUT2D eigenvalue weighted by atomic mass is 10.0. The molecule has 2 aliphatic rings. The summed E-state index contributed by atoms with van der Waals surface area (Å²) >= 11 is 0. The van der Waals surface area contributed by atoms with Crippen molar-refractivity contribution in [1.82, 2.24) is 4.90 Å². The lowest BCUT2D eigenvalue weighted by Crippen LogP contribution is -2.48. The SMILES string of the molecule is COCCC1(CN=C(N)N2CCOC(C)C2)CC1.I. The number of nitrogens with zero attached hydrogens (tertiary/aromatic N) is 2. The van der Waals surface area contributed by atoms with Crippen LogP contribution in [0.25, 0.3) is 0 Å². The predicted octanol–water partition coefficient (Wildman–Crippen LogP) is 1.46. The largest absolute Gasteiger partial charge is 0.385 e. The van der Waals surface area contributed by atoms with Crippen LogP contribution in [0.2, 0.25) is 0 Å². The molecule has 0 spiro atoms. The third-order valence-corrected chi connectivity index (χ3v) is 3.94. The van der Waals surface area contributed by atoms with Crippen LogP contribution in [-0.2, 0) is 9.47 Å². The molecular formula is C13H26IN3O2. The molecule has 0 aromatic heterocycles. The maximum absolute atomic E-state index is 6.06. The van der Waals surface area contributed by atoms with E-state index >= 15 is 0 Å². The third kappa shape index (κ3) is 5.07. The Morgan fingerprint density at radius 2 is 2.26 bits per heavy atom. The highest BCUT2D eigenvalue weighted by atomic mass is 127. The number of rotatable bonds is 5. The smallest absolute Gasteiger partial charge is 0.191 e. The Hall–Kier alpha value is -0.0800. The summed E-state index contributed by atoms with van der Waals surface area (Å²) in [7, 11) is 1.75. The Balaban J connectivity index is 0.00000180. The Bertz CT molecular complexity index is 308. The molecule has 0 radical (unpaired) electrons. The van der Waals surface area contributed by atoms with Crippen molar-refractivity contribution in [2.24, 2.45) is 16.1 Å². The standard InChI is InChI=1S/C13H25N3O2.HI/c1-11-9-16(6-8-18-11)12(14)15-10-13(3-4-13)5-7-17-2;/h11H,3-10H2,1-2H3,(H2,14,15);1H. The normalized spacial score (nSPS) is 25.9. The van der Waals surface area contributed by atoms with Crippen molar-refractivity contribution in [2.75, 3.05) is 40.0 Å². The van der Waals surface area contributed by atoms with Crippen molar-refractivity contribution in [3.8, 4) is 0 Å². The van der Waals surface area contributed by atoms with Crippen molar-refractivity contribution in [3.63, 3.8) is 0 Å². The number of hydrogen-bond donors (Lipinski definition) is 1. The van der Waals surface area contributed by atoms with Gasteiger partial charge >= 0.3 is 0 Å². The van der Waals surface area contributed by atoms with Gasteiger partial charge in [0.2, 0.25) is 0 Å². The van der Waals surface area contributed by atoms with E-state index in [1.54, 1.807) is 7.11 Å². The lowest BCUT2D eigenvalue weighted by molar-refractivity contribution is 0.00526. The summed E-state index contributed by atoms with van der Waals surface area (Å²) in [6.07, 6.45) is 3.86. The van der Waals surface area contributed by atoms with Gasteiger partial charge in [-0.3, -0.25) is 4.99 Å². The number of methoxy groups -OCH3 is 1. The van der Waals surface area contributed by atoms with Gasteiger partial charge in [-0.2, -0.15) is 0 Å². The number of guanidine groups is 1. The Labute approximate surface area is 132 Å². The van der Waals surface area contributed by atoms with Crippen LogP contribution in [0.5, 0.6) is 0 Å². The number of hydrogen-bond acceptors (Lipinski definition) is 3.